The largest absolute Gasteiger partial charge is 0.493 e. The van der Waals surface area contributed by atoms with Gasteiger partial charge in [0.1, 0.15) is 0 Å². The summed E-state index contributed by atoms with van der Waals surface area (Å²) >= 11 is 0. The topological polar surface area (TPSA) is 54.3 Å². The Morgan fingerprint density at radius 2 is 1.96 bits per heavy atom. The van der Waals surface area contributed by atoms with Crippen LogP contribution in [0.2, 0.25) is 0 Å². The molecule has 1 fully saturated rings. The lowest BCUT2D eigenvalue weighted by Gasteiger charge is -2.44. The van der Waals surface area contributed by atoms with Gasteiger partial charge in [-0.1, -0.05) is 19.0 Å². The van der Waals surface area contributed by atoms with Gasteiger partial charge >= 0.3 is 0 Å². The lowest BCUT2D eigenvalue weighted by molar-refractivity contribution is 0.143. The number of ether oxygens (including phenoxy) is 2. The third-order valence-electron chi connectivity index (χ3n) is 5.33. The van der Waals surface area contributed by atoms with Crippen LogP contribution >= 0.6 is 0 Å². The summed E-state index contributed by atoms with van der Waals surface area (Å²) in [5, 5.41) is 13.2. The van der Waals surface area contributed by atoms with E-state index in [0.29, 0.717) is 11.8 Å². The van der Waals surface area contributed by atoms with Crippen molar-refractivity contribution >= 4 is 5.71 Å². The van der Waals surface area contributed by atoms with E-state index in [1.165, 1.54) is 11.1 Å². The molecule has 5 nitrogen and oxygen atoms in total. The van der Waals surface area contributed by atoms with Crippen LogP contribution in [-0.4, -0.2) is 43.1 Å². The first-order valence-corrected chi connectivity index (χ1v) is 8.77. The smallest absolute Gasteiger partial charge is 0.161 e. The zero-order valence-electron chi connectivity index (χ0n) is 15.1. The van der Waals surface area contributed by atoms with E-state index in [1.54, 1.807) is 14.2 Å². The van der Waals surface area contributed by atoms with Gasteiger partial charge in [-0.25, -0.2) is 0 Å². The molecule has 3 rings (SSSR count). The van der Waals surface area contributed by atoms with E-state index >= 15 is 0 Å². The van der Waals surface area contributed by atoms with Gasteiger partial charge in [-0.2, -0.15) is 0 Å². The SMILES string of the molecule is COc1cc2c(cc1OC)[C@@H]1CC(=NO)[C@@H](CC(C)C)CN1CC2. The van der Waals surface area contributed by atoms with Gasteiger partial charge in [0.05, 0.1) is 19.9 Å². The summed E-state index contributed by atoms with van der Waals surface area (Å²) < 4.78 is 10.9. The van der Waals surface area contributed by atoms with Crippen LogP contribution in [0.15, 0.2) is 17.3 Å². The third-order valence-corrected chi connectivity index (χ3v) is 5.33. The second-order valence-electron chi connectivity index (χ2n) is 7.29. The maximum atomic E-state index is 9.52. The second kappa shape index (κ2) is 7.01. The zero-order chi connectivity index (χ0) is 17.3. The third kappa shape index (κ3) is 3.09. The van der Waals surface area contributed by atoms with Crippen LogP contribution in [0.1, 0.15) is 43.9 Å². The molecule has 1 saturated heterocycles. The number of fused-ring (bicyclic) bond motifs is 3. The average molecular weight is 332 g/mol. The van der Waals surface area contributed by atoms with Gasteiger partial charge in [0.2, 0.25) is 0 Å². The molecule has 0 aromatic heterocycles. The van der Waals surface area contributed by atoms with Gasteiger partial charge in [0.25, 0.3) is 0 Å². The highest BCUT2D eigenvalue weighted by molar-refractivity contribution is 5.88. The van der Waals surface area contributed by atoms with E-state index in [0.717, 1.165) is 49.6 Å². The fourth-order valence-corrected chi connectivity index (χ4v) is 4.19. The van der Waals surface area contributed by atoms with E-state index in [2.05, 4.69) is 36.0 Å². The van der Waals surface area contributed by atoms with Gasteiger partial charge < -0.3 is 14.7 Å². The zero-order valence-corrected chi connectivity index (χ0v) is 15.1. The van der Waals surface area contributed by atoms with Crippen LogP contribution in [0.25, 0.3) is 0 Å². The normalized spacial score (nSPS) is 25.5. The quantitative estimate of drug-likeness (QED) is 0.677. The predicted octanol–water partition coefficient (Wildman–Crippen LogP) is 3.50. The van der Waals surface area contributed by atoms with Gasteiger partial charge in [-0.15, -0.1) is 0 Å². The summed E-state index contributed by atoms with van der Waals surface area (Å²) in [4.78, 5) is 2.54. The molecule has 2 heterocycles. The van der Waals surface area contributed by atoms with Crippen molar-refractivity contribution in [3.8, 4) is 11.5 Å². The summed E-state index contributed by atoms with van der Waals surface area (Å²) in [6.45, 7) is 6.46. The molecule has 0 spiro atoms. The van der Waals surface area contributed by atoms with Gasteiger partial charge in [0.15, 0.2) is 11.5 Å². The van der Waals surface area contributed by atoms with Gasteiger partial charge in [-0.05, 0) is 42.0 Å². The number of benzene rings is 1. The van der Waals surface area contributed by atoms with Crippen molar-refractivity contribution in [2.45, 2.75) is 39.2 Å². The highest BCUT2D eigenvalue weighted by atomic mass is 16.5. The molecule has 1 N–H and O–H groups in total. The van der Waals surface area contributed by atoms with Crippen LogP contribution in [0.4, 0.5) is 0 Å². The van der Waals surface area contributed by atoms with E-state index in [4.69, 9.17) is 9.47 Å². The lowest BCUT2D eigenvalue weighted by atomic mass is 9.79. The summed E-state index contributed by atoms with van der Waals surface area (Å²) in [5.74, 6) is 2.51. The Kier molecular flexibility index (Phi) is 4.99. The number of piperidine rings is 1. The van der Waals surface area contributed by atoms with Crippen molar-refractivity contribution in [3.05, 3.63) is 23.3 Å². The first-order chi connectivity index (χ1) is 11.6. The number of methoxy groups -OCH3 is 2. The maximum Gasteiger partial charge on any atom is 0.161 e. The van der Waals surface area contributed by atoms with Gasteiger partial charge in [-0.3, -0.25) is 4.90 Å². The Bertz CT molecular complexity index is 627. The minimum Gasteiger partial charge on any atom is -0.493 e. The molecule has 0 saturated carbocycles. The Hall–Kier alpha value is -1.75. The van der Waals surface area contributed by atoms with Crippen LogP contribution in [-0.2, 0) is 6.42 Å². The first kappa shape index (κ1) is 17.1. The van der Waals surface area contributed by atoms with Crippen molar-refractivity contribution in [3.63, 3.8) is 0 Å². The number of oxime groups is 1. The van der Waals surface area contributed by atoms with E-state index < -0.39 is 0 Å². The number of hydrogen-bond donors (Lipinski definition) is 1. The summed E-state index contributed by atoms with van der Waals surface area (Å²) in [6, 6.07) is 4.47. The molecule has 0 aliphatic carbocycles. The molecule has 2 aliphatic heterocycles. The van der Waals surface area contributed by atoms with E-state index in [-0.39, 0.29) is 6.04 Å². The monoisotopic (exact) mass is 332 g/mol. The Morgan fingerprint density at radius 1 is 1.25 bits per heavy atom. The highest BCUT2D eigenvalue weighted by Gasteiger charge is 2.37. The summed E-state index contributed by atoms with van der Waals surface area (Å²) in [7, 11) is 3.35. The summed E-state index contributed by atoms with van der Waals surface area (Å²) in [5.41, 5.74) is 3.53. The molecule has 0 unspecified atom stereocenters. The Labute approximate surface area is 144 Å². The van der Waals surface area contributed by atoms with Crippen molar-refractivity contribution in [2.75, 3.05) is 27.3 Å². The first-order valence-electron chi connectivity index (χ1n) is 8.77. The fraction of sp³-hybridized carbons (Fsp3) is 0.632. The molecule has 24 heavy (non-hydrogen) atoms. The Morgan fingerprint density at radius 3 is 2.58 bits per heavy atom. The van der Waals surface area contributed by atoms with Crippen LogP contribution in [0.5, 0.6) is 11.5 Å². The number of rotatable bonds is 4. The minimum atomic E-state index is 0.267. The highest BCUT2D eigenvalue weighted by Crippen LogP contribution is 2.42. The standard InChI is InChI=1S/C19H28N2O3/c1-12(2)7-14-11-21-6-5-13-8-18(23-3)19(24-4)9-15(13)17(21)10-16(14)20-22/h8-9,12,14,17,22H,5-7,10-11H2,1-4H3/t14-,17-/m0/s1. The Balaban J connectivity index is 1.92. The molecule has 0 bridgehead atoms. The predicted molar refractivity (Wildman–Crippen MR) is 94.3 cm³/mol. The number of hydrogen-bond acceptors (Lipinski definition) is 5. The van der Waals surface area contributed by atoms with Crippen LogP contribution < -0.4 is 9.47 Å². The molecule has 0 amide bonds. The van der Waals surface area contributed by atoms with Crippen LogP contribution in [0, 0.1) is 11.8 Å². The fourth-order valence-electron chi connectivity index (χ4n) is 4.19. The minimum absolute atomic E-state index is 0.267. The van der Waals surface area contributed by atoms with Crippen molar-refractivity contribution in [1.29, 1.82) is 0 Å². The van der Waals surface area contributed by atoms with E-state index in [9.17, 15) is 5.21 Å². The summed E-state index contributed by atoms with van der Waals surface area (Å²) in [6.07, 6.45) is 2.88. The van der Waals surface area contributed by atoms with Crippen LogP contribution in [0.3, 0.4) is 0 Å². The lowest BCUT2D eigenvalue weighted by Crippen LogP contribution is -2.46. The molecule has 1 aromatic rings. The van der Waals surface area contributed by atoms with E-state index in [1.807, 2.05) is 0 Å². The molecule has 2 aliphatic rings. The molecule has 132 valence electrons. The second-order valence-corrected chi connectivity index (χ2v) is 7.29. The maximum absolute atomic E-state index is 9.52. The molecular formula is C19H28N2O3. The van der Waals surface area contributed by atoms with Gasteiger partial charge in [0, 0.05) is 31.5 Å². The molecular weight excluding hydrogens is 304 g/mol. The van der Waals surface area contributed by atoms with Crippen molar-refractivity contribution < 1.29 is 14.7 Å². The molecule has 2 atom stereocenters. The molecule has 5 heteroatoms. The van der Waals surface area contributed by atoms with Crippen molar-refractivity contribution in [1.82, 2.24) is 4.90 Å². The van der Waals surface area contributed by atoms with Crippen molar-refractivity contribution in [2.24, 2.45) is 17.0 Å². The molecule has 1 aromatic carbocycles. The number of nitrogens with zero attached hydrogens (tertiary/aromatic N) is 2. The molecule has 0 radical (unpaired) electrons. The average Bonchev–Trinajstić information content (AvgIpc) is 2.59.